The molecule has 31 heavy (non-hydrogen) atoms. The smallest absolute Gasteiger partial charge is 0.225 e. The van der Waals surface area contributed by atoms with E-state index in [0.717, 1.165) is 66.8 Å². The lowest BCUT2D eigenvalue weighted by Gasteiger charge is -2.27. The molecule has 0 saturated carbocycles. The van der Waals surface area contributed by atoms with Gasteiger partial charge in [-0.25, -0.2) is 15.0 Å². The van der Waals surface area contributed by atoms with Crippen LogP contribution in [-0.4, -0.2) is 56.9 Å². The molecule has 0 aliphatic carbocycles. The van der Waals surface area contributed by atoms with E-state index in [9.17, 15) is 4.79 Å². The van der Waals surface area contributed by atoms with Gasteiger partial charge in [0.2, 0.25) is 5.95 Å². The molecular weight excluding hydrogens is 388 g/mol. The van der Waals surface area contributed by atoms with Gasteiger partial charge in [-0.3, -0.25) is 4.90 Å². The first kappa shape index (κ1) is 19.9. The van der Waals surface area contributed by atoms with Crippen LogP contribution in [0.1, 0.15) is 23.0 Å². The normalized spacial score (nSPS) is 22.0. The van der Waals surface area contributed by atoms with Gasteiger partial charge in [-0.15, -0.1) is 0 Å². The average Bonchev–Trinajstić information content (AvgIpc) is 3.43. The van der Waals surface area contributed by atoms with Gasteiger partial charge in [0, 0.05) is 62.6 Å². The molecule has 0 N–H and O–H groups in total. The standard InChI is InChI=1S/C24H28N6O/c1-16-10-17(2)27-24(26-16)30-13-18-11-29(12-19(18)14-30)22(15-31)20-6-4-5-7-21(20)23-25-8-9-28(23)3/h4-10,15,18-19,22H,11-14H2,1-3H3. The molecule has 0 bridgehead atoms. The summed E-state index contributed by atoms with van der Waals surface area (Å²) < 4.78 is 2.00. The first-order chi connectivity index (χ1) is 15.0. The van der Waals surface area contributed by atoms with E-state index >= 15 is 0 Å². The van der Waals surface area contributed by atoms with Gasteiger partial charge < -0.3 is 14.3 Å². The van der Waals surface area contributed by atoms with Gasteiger partial charge in [-0.2, -0.15) is 0 Å². The van der Waals surface area contributed by atoms with Gasteiger partial charge in [0.25, 0.3) is 0 Å². The zero-order chi connectivity index (χ0) is 21.5. The molecule has 1 aromatic carbocycles. The number of fused-ring (bicyclic) bond motifs is 1. The lowest BCUT2D eigenvalue weighted by Crippen LogP contribution is -2.33. The van der Waals surface area contributed by atoms with Gasteiger partial charge in [-0.1, -0.05) is 24.3 Å². The molecule has 160 valence electrons. The Kier molecular flexibility index (Phi) is 5.06. The van der Waals surface area contributed by atoms with E-state index in [1.165, 1.54) is 0 Å². The van der Waals surface area contributed by atoms with Crippen molar-refractivity contribution in [1.82, 2.24) is 24.4 Å². The summed E-state index contributed by atoms with van der Waals surface area (Å²) >= 11 is 0. The van der Waals surface area contributed by atoms with Crippen molar-refractivity contribution in [3.63, 3.8) is 0 Å². The van der Waals surface area contributed by atoms with Crippen molar-refractivity contribution in [1.29, 1.82) is 0 Å². The highest BCUT2D eigenvalue weighted by molar-refractivity contribution is 5.71. The second kappa shape index (κ2) is 7.89. The molecule has 2 saturated heterocycles. The highest BCUT2D eigenvalue weighted by Crippen LogP contribution is 2.38. The molecule has 2 fully saturated rings. The molecule has 4 heterocycles. The van der Waals surface area contributed by atoms with Crippen LogP contribution in [0.5, 0.6) is 0 Å². The highest BCUT2D eigenvalue weighted by Gasteiger charge is 2.43. The Morgan fingerprint density at radius 1 is 1.03 bits per heavy atom. The number of hydrogen-bond donors (Lipinski definition) is 0. The molecular formula is C24H28N6O. The predicted molar refractivity (Wildman–Crippen MR) is 120 cm³/mol. The highest BCUT2D eigenvalue weighted by atomic mass is 16.1. The lowest BCUT2D eigenvalue weighted by atomic mass is 9.99. The Morgan fingerprint density at radius 2 is 1.71 bits per heavy atom. The van der Waals surface area contributed by atoms with Gasteiger partial charge >= 0.3 is 0 Å². The third kappa shape index (κ3) is 3.63. The maximum atomic E-state index is 12.3. The number of carbonyl (C=O) groups is 1. The summed E-state index contributed by atoms with van der Waals surface area (Å²) in [5.74, 6) is 2.77. The lowest BCUT2D eigenvalue weighted by molar-refractivity contribution is -0.112. The number of rotatable bonds is 5. The average molecular weight is 417 g/mol. The minimum Gasteiger partial charge on any atom is -0.340 e. The molecule has 7 heteroatoms. The monoisotopic (exact) mass is 416 g/mol. The number of carbonyl (C=O) groups excluding carboxylic acids is 1. The molecule has 3 aromatic rings. The van der Waals surface area contributed by atoms with Crippen LogP contribution in [0, 0.1) is 25.7 Å². The summed E-state index contributed by atoms with van der Waals surface area (Å²) in [6.07, 6.45) is 4.82. The fraction of sp³-hybridized carbons (Fsp3) is 0.417. The Balaban J connectivity index is 1.36. The van der Waals surface area contributed by atoms with Crippen LogP contribution >= 0.6 is 0 Å². The van der Waals surface area contributed by atoms with Crippen LogP contribution in [0.2, 0.25) is 0 Å². The Labute approximate surface area is 182 Å². The number of aldehydes is 1. The number of anilines is 1. The topological polar surface area (TPSA) is 67.2 Å². The van der Waals surface area contributed by atoms with Crippen LogP contribution < -0.4 is 4.90 Å². The summed E-state index contributed by atoms with van der Waals surface area (Å²) in [5.41, 5.74) is 4.07. The van der Waals surface area contributed by atoms with E-state index < -0.39 is 0 Å². The van der Waals surface area contributed by atoms with Crippen LogP contribution in [0.4, 0.5) is 5.95 Å². The summed E-state index contributed by atoms with van der Waals surface area (Å²) in [6, 6.07) is 9.89. The fourth-order valence-corrected chi connectivity index (χ4v) is 5.21. The number of hydrogen-bond acceptors (Lipinski definition) is 6. The minimum absolute atomic E-state index is 0.260. The van der Waals surface area contributed by atoms with Gasteiger partial charge in [0.15, 0.2) is 0 Å². The first-order valence-electron chi connectivity index (χ1n) is 10.9. The van der Waals surface area contributed by atoms with E-state index in [2.05, 4.69) is 36.9 Å². The molecule has 5 rings (SSSR count). The second-order valence-corrected chi connectivity index (χ2v) is 8.86. The largest absolute Gasteiger partial charge is 0.340 e. The van der Waals surface area contributed by atoms with Gasteiger partial charge in [0.1, 0.15) is 12.1 Å². The van der Waals surface area contributed by atoms with Gasteiger partial charge in [0.05, 0.1) is 6.04 Å². The summed E-state index contributed by atoms with van der Waals surface area (Å²) in [5, 5.41) is 0. The molecule has 3 unspecified atom stereocenters. The van der Waals surface area contributed by atoms with E-state index in [4.69, 9.17) is 0 Å². The molecule has 2 aliphatic heterocycles. The van der Waals surface area contributed by atoms with Crippen molar-refractivity contribution >= 4 is 12.2 Å². The fourth-order valence-electron chi connectivity index (χ4n) is 5.21. The van der Waals surface area contributed by atoms with Crippen molar-refractivity contribution in [2.75, 3.05) is 31.1 Å². The maximum absolute atomic E-state index is 12.3. The number of likely N-dealkylation sites (tertiary alicyclic amines) is 1. The number of nitrogens with zero attached hydrogens (tertiary/aromatic N) is 6. The first-order valence-corrected chi connectivity index (χ1v) is 10.9. The molecule has 0 spiro atoms. The zero-order valence-electron chi connectivity index (χ0n) is 18.3. The van der Waals surface area contributed by atoms with Crippen molar-refractivity contribution in [2.24, 2.45) is 18.9 Å². The third-order valence-electron chi connectivity index (χ3n) is 6.63. The molecule has 0 amide bonds. The number of benzene rings is 1. The van der Waals surface area contributed by atoms with Crippen molar-refractivity contribution < 1.29 is 4.79 Å². The number of aryl methyl sites for hydroxylation is 3. The van der Waals surface area contributed by atoms with Crippen LogP contribution in [-0.2, 0) is 11.8 Å². The molecule has 2 aliphatic rings. The van der Waals surface area contributed by atoms with E-state index in [1.54, 1.807) is 6.20 Å². The van der Waals surface area contributed by atoms with E-state index in [0.29, 0.717) is 11.8 Å². The number of imidazole rings is 1. The quantitative estimate of drug-likeness (QED) is 0.596. The van der Waals surface area contributed by atoms with Crippen LogP contribution in [0.15, 0.2) is 42.7 Å². The van der Waals surface area contributed by atoms with Crippen LogP contribution in [0.3, 0.4) is 0 Å². The van der Waals surface area contributed by atoms with Crippen molar-refractivity contribution in [3.8, 4) is 11.4 Å². The van der Waals surface area contributed by atoms with Crippen molar-refractivity contribution in [2.45, 2.75) is 19.9 Å². The van der Waals surface area contributed by atoms with E-state index in [1.807, 2.05) is 49.9 Å². The van der Waals surface area contributed by atoms with E-state index in [-0.39, 0.29) is 6.04 Å². The molecule has 3 atom stereocenters. The second-order valence-electron chi connectivity index (χ2n) is 8.86. The van der Waals surface area contributed by atoms with Crippen molar-refractivity contribution in [3.05, 3.63) is 59.7 Å². The summed E-state index contributed by atoms with van der Waals surface area (Å²) in [7, 11) is 1.99. The zero-order valence-corrected chi connectivity index (χ0v) is 18.3. The summed E-state index contributed by atoms with van der Waals surface area (Å²) in [4.78, 5) is 30.7. The predicted octanol–water partition coefficient (Wildman–Crippen LogP) is 2.80. The SMILES string of the molecule is Cc1cc(C)nc(N2CC3CN(C(C=O)c4ccccc4-c4nccn4C)CC3C2)n1. The molecule has 0 radical (unpaired) electrons. The maximum Gasteiger partial charge on any atom is 0.225 e. The molecule has 7 nitrogen and oxygen atoms in total. The Bertz CT molecular complexity index is 1070. The summed E-state index contributed by atoms with van der Waals surface area (Å²) in [6.45, 7) is 7.73. The minimum atomic E-state index is -0.260. The Morgan fingerprint density at radius 3 is 2.32 bits per heavy atom. The number of aromatic nitrogens is 4. The third-order valence-corrected chi connectivity index (χ3v) is 6.63. The van der Waals surface area contributed by atoms with Gasteiger partial charge in [-0.05, 0) is 37.3 Å². The Hall–Kier alpha value is -3.06. The molecule has 2 aromatic heterocycles. The van der Waals surface area contributed by atoms with Crippen LogP contribution in [0.25, 0.3) is 11.4 Å².